The largest absolute Gasteiger partial charge is 0.496 e. The molecule has 0 radical (unpaired) electrons. The first-order valence-corrected chi connectivity index (χ1v) is 6.59. The molecule has 0 saturated carbocycles. The molecule has 1 unspecified atom stereocenters. The summed E-state index contributed by atoms with van der Waals surface area (Å²) in [5.74, 6) is 1.46. The number of alkyl halides is 1. The second kappa shape index (κ2) is 7.27. The van der Waals surface area contributed by atoms with Crippen LogP contribution in [0.1, 0.15) is 19.4 Å². The summed E-state index contributed by atoms with van der Waals surface area (Å²) in [6, 6.07) is 7.53. The van der Waals surface area contributed by atoms with Crippen molar-refractivity contribution in [2.75, 3.05) is 13.0 Å². The highest BCUT2D eigenvalue weighted by molar-refractivity contribution is 6.18. The van der Waals surface area contributed by atoms with Gasteiger partial charge in [-0.3, -0.25) is 4.79 Å². The topological polar surface area (TPSA) is 38.3 Å². The van der Waals surface area contributed by atoms with Crippen LogP contribution in [0.5, 0.6) is 5.75 Å². The quantitative estimate of drug-likeness (QED) is 0.807. The minimum absolute atomic E-state index is 0.00822. The number of carbonyl (C=O) groups excluding carboxylic acids is 1. The lowest BCUT2D eigenvalue weighted by Gasteiger charge is -2.20. The predicted octanol–water partition coefficient (Wildman–Crippen LogP) is 2.62. The van der Waals surface area contributed by atoms with Gasteiger partial charge in [-0.25, -0.2) is 0 Å². The SMILES string of the molecule is COc1ccccc1CC(=O)NC(CCl)C(C)C. The fourth-order valence-corrected chi connectivity index (χ4v) is 2.10. The van der Waals surface area contributed by atoms with Gasteiger partial charge in [0.05, 0.1) is 13.5 Å². The van der Waals surface area contributed by atoms with E-state index < -0.39 is 0 Å². The Morgan fingerprint density at radius 3 is 2.61 bits per heavy atom. The number of nitrogens with one attached hydrogen (secondary N) is 1. The van der Waals surface area contributed by atoms with Crippen LogP contribution in [0.3, 0.4) is 0 Å². The smallest absolute Gasteiger partial charge is 0.224 e. The van der Waals surface area contributed by atoms with Gasteiger partial charge in [-0.15, -0.1) is 11.6 Å². The molecule has 4 heteroatoms. The summed E-state index contributed by atoms with van der Waals surface area (Å²) in [5.41, 5.74) is 0.884. The van der Waals surface area contributed by atoms with Crippen molar-refractivity contribution in [1.82, 2.24) is 5.32 Å². The van der Waals surface area contributed by atoms with Crippen LogP contribution in [-0.4, -0.2) is 24.9 Å². The summed E-state index contributed by atoms with van der Waals surface area (Å²) < 4.78 is 5.22. The molecule has 0 aliphatic carbocycles. The van der Waals surface area contributed by atoms with Crippen molar-refractivity contribution in [3.05, 3.63) is 29.8 Å². The summed E-state index contributed by atoms with van der Waals surface area (Å²) in [6.45, 7) is 4.08. The van der Waals surface area contributed by atoms with Crippen molar-refractivity contribution in [2.45, 2.75) is 26.3 Å². The zero-order valence-electron chi connectivity index (χ0n) is 11.1. The minimum atomic E-state index is -0.0288. The van der Waals surface area contributed by atoms with Crippen LogP contribution in [0.4, 0.5) is 0 Å². The molecule has 0 spiro atoms. The second-order valence-electron chi connectivity index (χ2n) is 4.56. The molecule has 0 fully saturated rings. The third-order valence-corrected chi connectivity index (χ3v) is 3.19. The number of methoxy groups -OCH3 is 1. The highest BCUT2D eigenvalue weighted by atomic mass is 35.5. The average molecular weight is 270 g/mol. The van der Waals surface area contributed by atoms with Gasteiger partial charge in [-0.2, -0.15) is 0 Å². The van der Waals surface area contributed by atoms with E-state index in [0.29, 0.717) is 18.2 Å². The maximum atomic E-state index is 11.9. The van der Waals surface area contributed by atoms with Crippen molar-refractivity contribution in [3.63, 3.8) is 0 Å². The maximum absolute atomic E-state index is 11.9. The zero-order valence-corrected chi connectivity index (χ0v) is 11.8. The first kappa shape index (κ1) is 14.8. The number of rotatable bonds is 6. The van der Waals surface area contributed by atoms with Crippen molar-refractivity contribution in [2.24, 2.45) is 5.92 Å². The Hall–Kier alpha value is -1.22. The lowest BCUT2D eigenvalue weighted by molar-refractivity contribution is -0.121. The molecule has 0 heterocycles. The number of hydrogen-bond acceptors (Lipinski definition) is 2. The van der Waals surface area contributed by atoms with Crippen LogP contribution in [0, 0.1) is 5.92 Å². The maximum Gasteiger partial charge on any atom is 0.224 e. The summed E-state index contributed by atoms with van der Waals surface area (Å²) >= 11 is 5.83. The second-order valence-corrected chi connectivity index (χ2v) is 4.87. The van der Waals surface area contributed by atoms with Crippen molar-refractivity contribution >= 4 is 17.5 Å². The molecule has 0 aromatic heterocycles. The molecule has 100 valence electrons. The van der Waals surface area contributed by atoms with Gasteiger partial charge in [0.2, 0.25) is 5.91 Å². The number of benzene rings is 1. The monoisotopic (exact) mass is 269 g/mol. The Morgan fingerprint density at radius 2 is 2.06 bits per heavy atom. The first-order valence-electron chi connectivity index (χ1n) is 6.05. The Bertz CT molecular complexity index is 393. The highest BCUT2D eigenvalue weighted by Gasteiger charge is 2.16. The summed E-state index contributed by atoms with van der Waals surface area (Å²) in [4.78, 5) is 11.9. The molecule has 1 aromatic rings. The number of halogens is 1. The predicted molar refractivity (Wildman–Crippen MR) is 74.2 cm³/mol. The van der Waals surface area contributed by atoms with Crippen LogP contribution in [-0.2, 0) is 11.2 Å². The molecule has 1 rings (SSSR count). The molecule has 1 N–H and O–H groups in total. The Balaban J connectivity index is 2.64. The fraction of sp³-hybridized carbons (Fsp3) is 0.500. The number of para-hydroxylation sites is 1. The minimum Gasteiger partial charge on any atom is -0.496 e. The van der Waals surface area contributed by atoms with E-state index in [1.165, 1.54) is 0 Å². The third-order valence-electron chi connectivity index (χ3n) is 2.86. The molecule has 1 atom stereocenters. The summed E-state index contributed by atoms with van der Waals surface area (Å²) in [5, 5.41) is 2.94. The molecule has 0 bridgehead atoms. The van der Waals surface area contributed by atoms with E-state index in [0.717, 1.165) is 11.3 Å². The third kappa shape index (κ3) is 4.22. The standard InChI is InChI=1S/C14H20ClNO2/c1-10(2)12(9-15)16-14(17)8-11-6-4-5-7-13(11)18-3/h4-7,10,12H,8-9H2,1-3H3,(H,16,17). The Kier molecular flexibility index (Phi) is 5.99. The van der Waals surface area contributed by atoms with Crippen molar-refractivity contribution < 1.29 is 9.53 Å². The van der Waals surface area contributed by atoms with Crippen molar-refractivity contribution in [1.29, 1.82) is 0 Å². The highest BCUT2D eigenvalue weighted by Crippen LogP contribution is 2.17. The Labute approximate surface area is 113 Å². The van der Waals surface area contributed by atoms with Crippen LogP contribution in [0.25, 0.3) is 0 Å². The fourth-order valence-electron chi connectivity index (χ4n) is 1.66. The lowest BCUT2D eigenvalue weighted by atomic mass is 10.1. The number of hydrogen-bond donors (Lipinski definition) is 1. The van der Waals surface area contributed by atoms with Gasteiger partial charge in [-0.1, -0.05) is 32.0 Å². The van der Waals surface area contributed by atoms with E-state index in [9.17, 15) is 4.79 Å². The summed E-state index contributed by atoms with van der Waals surface area (Å²) in [7, 11) is 1.60. The normalized spacial score (nSPS) is 12.3. The summed E-state index contributed by atoms with van der Waals surface area (Å²) in [6.07, 6.45) is 0.310. The number of amides is 1. The number of ether oxygens (including phenoxy) is 1. The zero-order chi connectivity index (χ0) is 13.5. The lowest BCUT2D eigenvalue weighted by Crippen LogP contribution is -2.40. The van der Waals surface area contributed by atoms with Crippen LogP contribution in [0.15, 0.2) is 24.3 Å². The molecule has 1 aromatic carbocycles. The van der Waals surface area contributed by atoms with E-state index in [-0.39, 0.29) is 11.9 Å². The van der Waals surface area contributed by atoms with Gasteiger partial charge >= 0.3 is 0 Å². The molecular formula is C14H20ClNO2. The van der Waals surface area contributed by atoms with Crippen LogP contribution in [0.2, 0.25) is 0 Å². The molecule has 0 saturated heterocycles. The van der Waals surface area contributed by atoms with Gasteiger partial charge < -0.3 is 10.1 Å². The average Bonchev–Trinajstić information content (AvgIpc) is 2.36. The molecule has 0 aliphatic rings. The number of carbonyl (C=O) groups is 1. The van der Waals surface area contributed by atoms with E-state index in [4.69, 9.17) is 16.3 Å². The van der Waals surface area contributed by atoms with E-state index >= 15 is 0 Å². The van der Waals surface area contributed by atoms with Crippen LogP contribution < -0.4 is 10.1 Å². The van der Waals surface area contributed by atoms with Gasteiger partial charge in [0.15, 0.2) is 0 Å². The van der Waals surface area contributed by atoms with Gasteiger partial charge in [0.1, 0.15) is 5.75 Å². The van der Waals surface area contributed by atoms with Crippen LogP contribution >= 0.6 is 11.6 Å². The molecular weight excluding hydrogens is 250 g/mol. The van der Waals surface area contributed by atoms with E-state index in [2.05, 4.69) is 5.32 Å². The van der Waals surface area contributed by atoms with E-state index in [1.54, 1.807) is 7.11 Å². The molecule has 0 aliphatic heterocycles. The molecule has 18 heavy (non-hydrogen) atoms. The van der Waals surface area contributed by atoms with Gasteiger partial charge in [-0.05, 0) is 12.0 Å². The van der Waals surface area contributed by atoms with Crippen molar-refractivity contribution in [3.8, 4) is 5.75 Å². The van der Waals surface area contributed by atoms with E-state index in [1.807, 2.05) is 38.1 Å². The van der Waals surface area contributed by atoms with Gasteiger partial charge in [0, 0.05) is 17.5 Å². The Morgan fingerprint density at radius 1 is 1.39 bits per heavy atom. The molecule has 1 amide bonds. The molecule has 3 nitrogen and oxygen atoms in total. The van der Waals surface area contributed by atoms with Gasteiger partial charge in [0.25, 0.3) is 0 Å². The first-order chi connectivity index (χ1) is 8.58.